The quantitative estimate of drug-likeness (QED) is 0.729. The zero-order valence-electron chi connectivity index (χ0n) is 13.7. The summed E-state index contributed by atoms with van der Waals surface area (Å²) in [7, 11) is 0. The Balaban J connectivity index is 1.83. The standard InChI is InChI=1S/C21H23NO/c1-2-23-21-13-12-19(14-20(21)15-22)18-10-8-17(9-11-18)16-6-4-3-5-7-16/h8-14,16H,2-7H2,1H3. The molecule has 2 heteroatoms. The molecule has 0 radical (unpaired) electrons. The van der Waals surface area contributed by atoms with Crippen LogP contribution in [0.4, 0.5) is 0 Å². The van der Waals surface area contributed by atoms with Crippen molar-refractivity contribution in [3.05, 3.63) is 53.6 Å². The van der Waals surface area contributed by atoms with Crippen LogP contribution < -0.4 is 4.74 Å². The van der Waals surface area contributed by atoms with E-state index in [4.69, 9.17) is 4.74 Å². The molecule has 118 valence electrons. The van der Waals surface area contributed by atoms with Gasteiger partial charge in [0.05, 0.1) is 12.2 Å². The number of nitriles is 1. The molecule has 2 nitrogen and oxygen atoms in total. The molecule has 0 aromatic heterocycles. The Hall–Kier alpha value is -2.27. The minimum Gasteiger partial charge on any atom is -0.492 e. The second-order valence-corrected chi connectivity index (χ2v) is 6.21. The van der Waals surface area contributed by atoms with Crippen LogP contribution in [0.15, 0.2) is 42.5 Å². The molecule has 1 fully saturated rings. The molecular formula is C21H23NO. The molecule has 1 aliphatic carbocycles. The van der Waals surface area contributed by atoms with E-state index in [2.05, 4.69) is 30.3 Å². The molecule has 1 aliphatic rings. The first-order chi connectivity index (χ1) is 11.3. The topological polar surface area (TPSA) is 33.0 Å². The molecule has 0 spiro atoms. The maximum absolute atomic E-state index is 9.30. The largest absolute Gasteiger partial charge is 0.492 e. The Morgan fingerprint density at radius 2 is 1.70 bits per heavy atom. The van der Waals surface area contributed by atoms with E-state index in [9.17, 15) is 5.26 Å². The number of nitrogens with zero attached hydrogens (tertiary/aromatic N) is 1. The number of rotatable bonds is 4. The van der Waals surface area contributed by atoms with Crippen molar-refractivity contribution in [3.8, 4) is 22.9 Å². The normalized spacial score (nSPS) is 15.1. The van der Waals surface area contributed by atoms with Crippen LogP contribution >= 0.6 is 0 Å². The van der Waals surface area contributed by atoms with Gasteiger partial charge in [-0.2, -0.15) is 5.26 Å². The molecule has 0 bridgehead atoms. The van der Waals surface area contributed by atoms with Gasteiger partial charge in [-0.3, -0.25) is 0 Å². The lowest BCUT2D eigenvalue weighted by Gasteiger charge is -2.22. The molecule has 0 unspecified atom stereocenters. The molecule has 0 heterocycles. The van der Waals surface area contributed by atoms with Gasteiger partial charge >= 0.3 is 0 Å². The monoisotopic (exact) mass is 305 g/mol. The lowest BCUT2D eigenvalue weighted by atomic mass is 9.83. The van der Waals surface area contributed by atoms with Crippen LogP contribution in [0.3, 0.4) is 0 Å². The third kappa shape index (κ3) is 3.56. The average molecular weight is 305 g/mol. The maximum atomic E-state index is 9.30. The Morgan fingerprint density at radius 3 is 2.35 bits per heavy atom. The van der Waals surface area contributed by atoms with Gasteiger partial charge in [0.25, 0.3) is 0 Å². The third-order valence-corrected chi connectivity index (χ3v) is 4.72. The first-order valence-corrected chi connectivity index (χ1v) is 8.59. The van der Waals surface area contributed by atoms with E-state index in [0.29, 0.717) is 17.9 Å². The van der Waals surface area contributed by atoms with Gasteiger partial charge < -0.3 is 4.74 Å². The smallest absolute Gasteiger partial charge is 0.137 e. The van der Waals surface area contributed by atoms with Gasteiger partial charge in [0.15, 0.2) is 0 Å². The lowest BCUT2D eigenvalue weighted by molar-refractivity contribution is 0.339. The first-order valence-electron chi connectivity index (χ1n) is 8.59. The predicted octanol–water partition coefficient (Wildman–Crippen LogP) is 5.67. The van der Waals surface area contributed by atoms with Crippen LogP contribution in [0.2, 0.25) is 0 Å². The minimum absolute atomic E-state index is 0.574. The number of hydrogen-bond donors (Lipinski definition) is 0. The van der Waals surface area contributed by atoms with Crippen molar-refractivity contribution in [1.82, 2.24) is 0 Å². The molecule has 2 aromatic rings. The summed E-state index contributed by atoms with van der Waals surface area (Å²) in [6.45, 7) is 2.50. The fraction of sp³-hybridized carbons (Fsp3) is 0.381. The number of hydrogen-bond acceptors (Lipinski definition) is 2. The minimum atomic E-state index is 0.574. The highest BCUT2D eigenvalue weighted by Gasteiger charge is 2.15. The van der Waals surface area contributed by atoms with E-state index >= 15 is 0 Å². The maximum Gasteiger partial charge on any atom is 0.137 e. The van der Waals surface area contributed by atoms with E-state index < -0.39 is 0 Å². The first kappa shape index (κ1) is 15.6. The van der Waals surface area contributed by atoms with Crippen LogP contribution in [0, 0.1) is 11.3 Å². The molecule has 3 rings (SSSR count). The van der Waals surface area contributed by atoms with E-state index in [1.54, 1.807) is 0 Å². The van der Waals surface area contributed by atoms with Gasteiger partial charge in [0.1, 0.15) is 11.8 Å². The Morgan fingerprint density at radius 1 is 1.00 bits per heavy atom. The molecule has 0 N–H and O–H groups in total. The van der Waals surface area contributed by atoms with E-state index in [0.717, 1.165) is 17.0 Å². The van der Waals surface area contributed by atoms with Crippen molar-refractivity contribution in [3.63, 3.8) is 0 Å². The summed E-state index contributed by atoms with van der Waals surface area (Å²) in [5, 5.41) is 9.30. The summed E-state index contributed by atoms with van der Waals surface area (Å²) in [6, 6.07) is 16.9. The highest BCUT2D eigenvalue weighted by Crippen LogP contribution is 2.34. The van der Waals surface area contributed by atoms with Crippen molar-refractivity contribution >= 4 is 0 Å². The molecule has 1 saturated carbocycles. The molecular weight excluding hydrogens is 282 g/mol. The summed E-state index contributed by atoms with van der Waals surface area (Å²) in [6.07, 6.45) is 6.74. The summed E-state index contributed by atoms with van der Waals surface area (Å²) in [5.74, 6) is 1.39. The summed E-state index contributed by atoms with van der Waals surface area (Å²) in [4.78, 5) is 0. The Kier molecular flexibility index (Phi) is 4.98. The fourth-order valence-electron chi connectivity index (χ4n) is 3.46. The summed E-state index contributed by atoms with van der Waals surface area (Å²) in [5.41, 5.74) is 4.28. The van der Waals surface area contributed by atoms with E-state index in [1.807, 2.05) is 25.1 Å². The van der Waals surface area contributed by atoms with Gasteiger partial charge in [-0.25, -0.2) is 0 Å². The van der Waals surface area contributed by atoms with Crippen LogP contribution in [0.5, 0.6) is 5.75 Å². The second-order valence-electron chi connectivity index (χ2n) is 6.21. The molecule has 0 atom stereocenters. The SMILES string of the molecule is CCOc1ccc(-c2ccc(C3CCCCC3)cc2)cc1C#N. The Labute approximate surface area is 138 Å². The molecule has 0 amide bonds. The molecule has 23 heavy (non-hydrogen) atoms. The van der Waals surface area contributed by atoms with Gasteiger partial charge in [0.2, 0.25) is 0 Å². The summed E-state index contributed by atoms with van der Waals surface area (Å²) < 4.78 is 5.49. The Bertz CT molecular complexity index is 691. The van der Waals surface area contributed by atoms with Crippen LogP contribution in [0.1, 0.15) is 56.1 Å². The van der Waals surface area contributed by atoms with Crippen LogP contribution in [-0.4, -0.2) is 6.61 Å². The zero-order valence-corrected chi connectivity index (χ0v) is 13.7. The van der Waals surface area contributed by atoms with Crippen molar-refractivity contribution in [2.45, 2.75) is 44.9 Å². The highest BCUT2D eigenvalue weighted by atomic mass is 16.5. The zero-order chi connectivity index (χ0) is 16.1. The van der Waals surface area contributed by atoms with E-state index in [-0.39, 0.29) is 0 Å². The van der Waals surface area contributed by atoms with Gasteiger partial charge in [0, 0.05) is 0 Å². The van der Waals surface area contributed by atoms with Crippen molar-refractivity contribution in [2.75, 3.05) is 6.61 Å². The van der Waals surface area contributed by atoms with Crippen LogP contribution in [0.25, 0.3) is 11.1 Å². The molecule has 0 aliphatic heterocycles. The fourth-order valence-corrected chi connectivity index (χ4v) is 3.46. The van der Waals surface area contributed by atoms with Crippen LogP contribution in [-0.2, 0) is 0 Å². The summed E-state index contributed by atoms with van der Waals surface area (Å²) >= 11 is 0. The van der Waals surface area contributed by atoms with E-state index in [1.165, 1.54) is 37.7 Å². The highest BCUT2D eigenvalue weighted by molar-refractivity contribution is 5.67. The lowest BCUT2D eigenvalue weighted by Crippen LogP contribution is -2.04. The second kappa shape index (κ2) is 7.33. The average Bonchev–Trinajstić information content (AvgIpc) is 2.63. The van der Waals surface area contributed by atoms with Crippen molar-refractivity contribution in [1.29, 1.82) is 5.26 Å². The molecule has 2 aromatic carbocycles. The predicted molar refractivity (Wildman–Crippen MR) is 93.6 cm³/mol. The van der Waals surface area contributed by atoms with Gasteiger partial charge in [-0.15, -0.1) is 0 Å². The molecule has 0 saturated heterocycles. The van der Waals surface area contributed by atoms with Gasteiger partial charge in [-0.05, 0) is 54.5 Å². The van der Waals surface area contributed by atoms with Gasteiger partial charge in [-0.1, -0.05) is 49.6 Å². The number of benzene rings is 2. The van der Waals surface area contributed by atoms with Crippen molar-refractivity contribution in [2.24, 2.45) is 0 Å². The van der Waals surface area contributed by atoms with Crippen molar-refractivity contribution < 1.29 is 4.74 Å². The number of ether oxygens (including phenoxy) is 1. The third-order valence-electron chi connectivity index (χ3n) is 4.72.